The fraction of sp³-hybridized carbons (Fsp3) is 0.381. The third-order valence-corrected chi connectivity index (χ3v) is 4.88. The van der Waals surface area contributed by atoms with E-state index >= 15 is 0 Å². The average Bonchev–Trinajstić information content (AvgIpc) is 3.50. The average molecular weight is 413 g/mol. The molecule has 0 amide bonds. The molecule has 1 aromatic heterocycles. The fourth-order valence-corrected chi connectivity index (χ4v) is 3.20. The smallest absolute Gasteiger partial charge is 0.227 e. The molecule has 4 rings (SSSR count). The number of nitrogens with one attached hydrogen (secondary N) is 4. The molecule has 0 saturated heterocycles. The minimum atomic E-state index is -0.517. The van der Waals surface area contributed by atoms with Crippen LogP contribution in [-0.4, -0.2) is 29.4 Å². The maximum absolute atomic E-state index is 14.2. The molecule has 1 fully saturated rings. The topological polar surface area (TPSA) is 115 Å². The number of hydrazine groups is 1. The van der Waals surface area contributed by atoms with Crippen LogP contribution in [0.2, 0.25) is 0 Å². The van der Waals surface area contributed by atoms with E-state index in [0.29, 0.717) is 29.7 Å². The maximum atomic E-state index is 14.2. The summed E-state index contributed by atoms with van der Waals surface area (Å²) in [4.78, 5) is 10.2. The predicted molar refractivity (Wildman–Crippen MR) is 119 cm³/mol. The maximum Gasteiger partial charge on any atom is 0.227 e. The lowest BCUT2D eigenvalue weighted by atomic mass is 10.1. The number of nitrogens with zero attached hydrogens (tertiary/aromatic N) is 3. The van der Waals surface area contributed by atoms with Gasteiger partial charge in [0, 0.05) is 36.8 Å². The second-order valence-corrected chi connectivity index (χ2v) is 7.07. The highest BCUT2D eigenvalue weighted by Gasteiger charge is 2.30. The minimum Gasteiger partial charge on any atom is -0.398 e. The summed E-state index contributed by atoms with van der Waals surface area (Å²) in [5, 5.41) is 10.6. The van der Waals surface area contributed by atoms with E-state index in [1.807, 2.05) is 39.1 Å². The lowest BCUT2D eigenvalue weighted by molar-refractivity contribution is 0.582. The molecular formula is C21H29FN8. The number of allylic oxidation sites excluding steroid dienone is 1. The molecule has 1 atom stereocenters. The Morgan fingerprint density at radius 1 is 1.37 bits per heavy atom. The molecule has 1 aromatic carbocycles. The molecule has 2 aromatic rings. The highest BCUT2D eigenvalue weighted by atomic mass is 19.1. The first-order chi connectivity index (χ1) is 14.5. The number of benzene rings is 1. The first-order valence-corrected chi connectivity index (χ1v) is 10.2. The van der Waals surface area contributed by atoms with E-state index in [0.717, 1.165) is 17.5 Å². The molecule has 2 aliphatic rings. The van der Waals surface area contributed by atoms with Crippen LogP contribution in [0.1, 0.15) is 37.8 Å². The molecule has 1 aliphatic carbocycles. The van der Waals surface area contributed by atoms with Crippen molar-refractivity contribution in [2.24, 2.45) is 5.92 Å². The third-order valence-electron chi connectivity index (χ3n) is 4.88. The van der Waals surface area contributed by atoms with Crippen molar-refractivity contribution in [3.05, 3.63) is 53.1 Å². The summed E-state index contributed by atoms with van der Waals surface area (Å²) in [5.74, 6) is 0.567. The minimum absolute atomic E-state index is 0.129. The van der Waals surface area contributed by atoms with Crippen LogP contribution in [0.4, 0.5) is 21.8 Å². The van der Waals surface area contributed by atoms with Gasteiger partial charge in [0.05, 0.1) is 6.20 Å². The van der Waals surface area contributed by atoms with E-state index in [1.165, 1.54) is 19.1 Å². The van der Waals surface area contributed by atoms with Crippen LogP contribution in [0.25, 0.3) is 0 Å². The predicted octanol–water partition coefficient (Wildman–Crippen LogP) is 3.00. The Labute approximate surface area is 176 Å². The Balaban J connectivity index is 0.00000124. The molecule has 6 N–H and O–H groups in total. The van der Waals surface area contributed by atoms with Crippen molar-refractivity contribution in [1.29, 1.82) is 5.41 Å². The van der Waals surface area contributed by atoms with Crippen molar-refractivity contribution in [1.82, 2.24) is 20.8 Å². The summed E-state index contributed by atoms with van der Waals surface area (Å²) < 4.78 is 14.2. The van der Waals surface area contributed by atoms with Gasteiger partial charge in [0.2, 0.25) is 5.95 Å². The molecular weight excluding hydrogens is 383 g/mol. The fourth-order valence-electron chi connectivity index (χ4n) is 3.20. The molecule has 0 radical (unpaired) electrons. The van der Waals surface area contributed by atoms with Crippen molar-refractivity contribution in [2.75, 3.05) is 23.0 Å². The second-order valence-electron chi connectivity index (χ2n) is 7.07. The van der Waals surface area contributed by atoms with E-state index in [-0.39, 0.29) is 12.0 Å². The lowest BCUT2D eigenvalue weighted by Crippen LogP contribution is -2.37. The molecule has 30 heavy (non-hydrogen) atoms. The zero-order valence-corrected chi connectivity index (χ0v) is 17.5. The Hall–Kier alpha value is -3.20. The van der Waals surface area contributed by atoms with Crippen LogP contribution in [0.15, 0.2) is 36.2 Å². The van der Waals surface area contributed by atoms with E-state index in [1.54, 1.807) is 11.0 Å². The van der Waals surface area contributed by atoms with Crippen LogP contribution in [-0.2, 0) is 6.54 Å². The Bertz CT molecular complexity index is 925. The number of anilines is 3. The quantitative estimate of drug-likeness (QED) is 0.351. The van der Waals surface area contributed by atoms with Crippen molar-refractivity contribution < 1.29 is 4.39 Å². The van der Waals surface area contributed by atoms with E-state index in [2.05, 4.69) is 26.1 Å². The molecule has 8 nitrogen and oxygen atoms in total. The number of hydrogen-bond donors (Lipinski definition) is 5. The van der Waals surface area contributed by atoms with Gasteiger partial charge in [-0.2, -0.15) is 4.98 Å². The third kappa shape index (κ3) is 4.85. The molecule has 1 unspecified atom stereocenters. The summed E-state index contributed by atoms with van der Waals surface area (Å²) in [6, 6.07) is 5.49. The van der Waals surface area contributed by atoms with Crippen LogP contribution in [0, 0.1) is 17.1 Å². The second kappa shape index (κ2) is 9.53. The Morgan fingerprint density at radius 3 is 2.83 bits per heavy atom. The molecule has 0 bridgehead atoms. The number of nitrogen functional groups attached to an aromatic ring is 1. The van der Waals surface area contributed by atoms with Crippen molar-refractivity contribution in [2.45, 2.75) is 39.4 Å². The van der Waals surface area contributed by atoms with Crippen LogP contribution < -0.4 is 26.8 Å². The summed E-state index contributed by atoms with van der Waals surface area (Å²) in [6.07, 6.45) is 6.55. The number of aromatic nitrogens is 2. The summed E-state index contributed by atoms with van der Waals surface area (Å²) in [7, 11) is 1.81. The SMILES string of the molecule is CC.CN(Cc1cccc(N)c1C=N)c1ncc(F)c(NC2C=C(C3CC3)NN2)n1. The molecule has 1 saturated carbocycles. The number of halogens is 1. The van der Waals surface area contributed by atoms with Gasteiger partial charge in [0.1, 0.15) is 6.17 Å². The lowest BCUT2D eigenvalue weighted by Gasteiger charge is -2.20. The number of nitrogens with two attached hydrogens (primary N) is 1. The van der Waals surface area contributed by atoms with E-state index in [9.17, 15) is 4.39 Å². The van der Waals surface area contributed by atoms with Gasteiger partial charge < -0.3 is 26.8 Å². The number of hydrogen-bond acceptors (Lipinski definition) is 8. The Kier molecular flexibility index (Phi) is 6.83. The molecule has 0 spiro atoms. The number of rotatable bonds is 7. The molecule has 9 heteroatoms. The highest BCUT2D eigenvalue weighted by molar-refractivity contribution is 5.87. The van der Waals surface area contributed by atoms with Crippen molar-refractivity contribution in [3.8, 4) is 0 Å². The standard InChI is InChI=1S/C19H23FN8.C2H6/c1-28(10-12-3-2-4-15(22)13(12)8-21)19-23-9-14(20)18(25-19)24-17-7-16(26-27-17)11-5-6-11;1-2/h2-4,7-9,11,17,21,26-27H,5-6,10,22H2,1H3,(H,23,24,25);1-2H3. The van der Waals surface area contributed by atoms with E-state index < -0.39 is 5.82 Å². The first-order valence-electron chi connectivity index (χ1n) is 10.2. The molecule has 2 heterocycles. The van der Waals surface area contributed by atoms with Gasteiger partial charge in [-0.3, -0.25) is 0 Å². The monoisotopic (exact) mass is 412 g/mol. The van der Waals surface area contributed by atoms with Gasteiger partial charge in [0.25, 0.3) is 0 Å². The van der Waals surface area contributed by atoms with Gasteiger partial charge in [-0.1, -0.05) is 26.0 Å². The van der Waals surface area contributed by atoms with Gasteiger partial charge in [0.15, 0.2) is 11.6 Å². The highest BCUT2D eigenvalue weighted by Crippen LogP contribution is 2.36. The summed E-state index contributed by atoms with van der Waals surface area (Å²) in [6.45, 7) is 4.44. The zero-order valence-electron chi connectivity index (χ0n) is 17.5. The van der Waals surface area contributed by atoms with Crippen molar-refractivity contribution >= 4 is 23.7 Å². The van der Waals surface area contributed by atoms with Gasteiger partial charge >= 0.3 is 0 Å². The normalized spacial score (nSPS) is 17.3. The van der Waals surface area contributed by atoms with Gasteiger partial charge in [-0.25, -0.2) is 14.8 Å². The largest absolute Gasteiger partial charge is 0.398 e. The van der Waals surface area contributed by atoms with Crippen LogP contribution >= 0.6 is 0 Å². The molecule has 1 aliphatic heterocycles. The summed E-state index contributed by atoms with van der Waals surface area (Å²) >= 11 is 0. The van der Waals surface area contributed by atoms with Crippen LogP contribution in [0.3, 0.4) is 0 Å². The van der Waals surface area contributed by atoms with Gasteiger partial charge in [-0.05, 0) is 36.5 Å². The zero-order chi connectivity index (χ0) is 21.7. The molecule has 160 valence electrons. The first kappa shape index (κ1) is 21.5. The van der Waals surface area contributed by atoms with E-state index in [4.69, 9.17) is 11.1 Å². The Morgan fingerprint density at radius 2 is 2.13 bits per heavy atom. The van der Waals surface area contributed by atoms with Crippen LogP contribution in [0.5, 0.6) is 0 Å². The summed E-state index contributed by atoms with van der Waals surface area (Å²) in [5.41, 5.74) is 15.4. The van der Waals surface area contributed by atoms with Crippen molar-refractivity contribution in [3.63, 3.8) is 0 Å². The van der Waals surface area contributed by atoms with Gasteiger partial charge in [-0.15, -0.1) is 0 Å².